The molecule has 2 aromatic carbocycles. The summed E-state index contributed by atoms with van der Waals surface area (Å²) in [4.78, 5) is 17.3. The van der Waals surface area contributed by atoms with Gasteiger partial charge in [-0.1, -0.05) is 62.1 Å². The van der Waals surface area contributed by atoms with Crippen molar-refractivity contribution < 1.29 is 9.53 Å². The van der Waals surface area contributed by atoms with Gasteiger partial charge in [-0.3, -0.25) is 4.79 Å². The van der Waals surface area contributed by atoms with Gasteiger partial charge < -0.3 is 14.6 Å². The number of para-hydroxylation sites is 3. The molecule has 0 saturated heterocycles. The van der Waals surface area contributed by atoms with Crippen LogP contribution in [0.2, 0.25) is 0 Å². The number of hydrogen-bond acceptors (Lipinski definition) is 3. The third kappa shape index (κ3) is 7.22. The molecule has 0 atom stereocenters. The molecule has 1 fully saturated rings. The number of allylic oxidation sites excluding steroid dienone is 1. The molecule has 0 unspecified atom stereocenters. The van der Waals surface area contributed by atoms with Gasteiger partial charge in [-0.2, -0.15) is 0 Å². The molecular weight excluding hydrogens is 446 g/mol. The van der Waals surface area contributed by atoms with Gasteiger partial charge in [0.25, 0.3) is 0 Å². The first kappa shape index (κ1) is 26.0. The number of carbonyl (C=O) groups is 1. The Morgan fingerprint density at radius 1 is 1.03 bits per heavy atom. The first-order valence-electron chi connectivity index (χ1n) is 13.8. The van der Waals surface area contributed by atoms with Crippen LogP contribution in [0.4, 0.5) is 0 Å². The van der Waals surface area contributed by atoms with E-state index in [2.05, 4.69) is 46.8 Å². The fourth-order valence-corrected chi connectivity index (χ4v) is 5.24. The van der Waals surface area contributed by atoms with Crippen molar-refractivity contribution in [3.63, 3.8) is 0 Å². The summed E-state index contributed by atoms with van der Waals surface area (Å²) in [5.41, 5.74) is 3.43. The zero-order valence-corrected chi connectivity index (χ0v) is 21.6. The van der Waals surface area contributed by atoms with Gasteiger partial charge in [-0.25, -0.2) is 4.98 Å². The van der Waals surface area contributed by atoms with Crippen LogP contribution in [-0.4, -0.2) is 28.6 Å². The minimum absolute atomic E-state index is 0.248. The Morgan fingerprint density at radius 2 is 1.83 bits per heavy atom. The second kappa shape index (κ2) is 13.9. The number of unbranched alkanes of at least 4 members (excludes halogenated alkanes) is 2. The van der Waals surface area contributed by atoms with E-state index in [1.54, 1.807) is 0 Å². The largest absolute Gasteiger partial charge is 0.493 e. The Morgan fingerprint density at radius 3 is 2.69 bits per heavy atom. The highest BCUT2D eigenvalue weighted by molar-refractivity contribution is 5.78. The molecule has 5 nitrogen and oxygen atoms in total. The Kier molecular flexibility index (Phi) is 10.0. The number of carbonyl (C=O) groups excluding carboxylic acids is 1. The molecule has 1 saturated carbocycles. The standard InChI is InChI=1S/C31H41N3O2/c1-2-14-25-15-8-11-20-29(25)36-24-13-23-34-28-19-10-9-18-27(28)33-30(34)21-7-4-12-22-32-31(35)26-16-5-3-6-17-26/h2,8-11,15,18-20,26H,1,3-7,12-14,16-17,21-24H2,(H,32,35). The highest BCUT2D eigenvalue weighted by atomic mass is 16.5. The van der Waals surface area contributed by atoms with Crippen molar-refractivity contribution in [2.24, 2.45) is 5.92 Å². The molecule has 1 aliphatic rings. The van der Waals surface area contributed by atoms with E-state index in [1.165, 1.54) is 30.3 Å². The van der Waals surface area contributed by atoms with Crippen molar-refractivity contribution in [1.82, 2.24) is 14.9 Å². The monoisotopic (exact) mass is 487 g/mol. The number of ether oxygens (including phenoxy) is 1. The van der Waals surface area contributed by atoms with Crippen LogP contribution in [0, 0.1) is 5.92 Å². The fourth-order valence-electron chi connectivity index (χ4n) is 5.24. The number of fused-ring (bicyclic) bond motifs is 1. The molecule has 0 spiro atoms. The average Bonchev–Trinajstić information content (AvgIpc) is 3.27. The number of nitrogens with one attached hydrogen (secondary N) is 1. The smallest absolute Gasteiger partial charge is 0.223 e. The summed E-state index contributed by atoms with van der Waals surface area (Å²) in [6, 6.07) is 16.6. The van der Waals surface area contributed by atoms with Crippen LogP contribution in [-0.2, 0) is 24.2 Å². The van der Waals surface area contributed by atoms with Gasteiger partial charge in [0.05, 0.1) is 17.6 Å². The van der Waals surface area contributed by atoms with Crippen LogP contribution in [0.1, 0.15) is 69.2 Å². The van der Waals surface area contributed by atoms with Gasteiger partial charge in [0.1, 0.15) is 11.6 Å². The zero-order chi connectivity index (χ0) is 25.0. The number of nitrogens with zero attached hydrogens (tertiary/aromatic N) is 2. The second-order valence-electron chi connectivity index (χ2n) is 9.91. The van der Waals surface area contributed by atoms with Crippen LogP contribution >= 0.6 is 0 Å². The fraction of sp³-hybridized carbons (Fsp3) is 0.484. The van der Waals surface area contributed by atoms with Gasteiger partial charge in [0.2, 0.25) is 5.91 Å². The lowest BCUT2D eigenvalue weighted by Gasteiger charge is -2.20. The number of imidazole rings is 1. The number of benzene rings is 2. The summed E-state index contributed by atoms with van der Waals surface area (Å²) in [6.07, 6.45) is 13.6. The number of rotatable bonds is 14. The summed E-state index contributed by atoms with van der Waals surface area (Å²) in [7, 11) is 0. The normalized spacial score (nSPS) is 14.1. The number of amides is 1. The van der Waals surface area contributed by atoms with Crippen molar-refractivity contribution in [2.45, 2.75) is 77.2 Å². The maximum atomic E-state index is 12.3. The molecule has 0 bridgehead atoms. The van der Waals surface area contributed by atoms with E-state index in [0.717, 1.165) is 81.5 Å². The van der Waals surface area contributed by atoms with E-state index < -0.39 is 0 Å². The quantitative estimate of drug-likeness (QED) is 0.205. The molecule has 0 radical (unpaired) electrons. The minimum Gasteiger partial charge on any atom is -0.493 e. The van der Waals surface area contributed by atoms with Crippen LogP contribution in [0.25, 0.3) is 11.0 Å². The lowest BCUT2D eigenvalue weighted by atomic mass is 9.89. The van der Waals surface area contributed by atoms with Crippen LogP contribution in [0.5, 0.6) is 5.75 Å². The van der Waals surface area contributed by atoms with E-state index in [1.807, 2.05) is 24.3 Å². The summed E-state index contributed by atoms with van der Waals surface area (Å²) >= 11 is 0. The van der Waals surface area contributed by atoms with E-state index in [4.69, 9.17) is 9.72 Å². The van der Waals surface area contributed by atoms with Crippen molar-refractivity contribution >= 4 is 16.9 Å². The summed E-state index contributed by atoms with van der Waals surface area (Å²) in [6.45, 7) is 6.19. The van der Waals surface area contributed by atoms with Crippen molar-refractivity contribution in [3.05, 3.63) is 72.6 Å². The maximum absolute atomic E-state index is 12.3. The van der Waals surface area contributed by atoms with Gasteiger partial charge in [0, 0.05) is 25.4 Å². The van der Waals surface area contributed by atoms with Gasteiger partial charge >= 0.3 is 0 Å². The molecule has 1 amide bonds. The van der Waals surface area contributed by atoms with E-state index >= 15 is 0 Å². The first-order valence-corrected chi connectivity index (χ1v) is 13.8. The number of aromatic nitrogens is 2. The zero-order valence-electron chi connectivity index (χ0n) is 21.6. The van der Waals surface area contributed by atoms with E-state index in [0.29, 0.717) is 6.61 Å². The minimum atomic E-state index is 0.248. The molecule has 5 heteroatoms. The maximum Gasteiger partial charge on any atom is 0.223 e. The Hall–Kier alpha value is -3.08. The Balaban J connectivity index is 1.24. The van der Waals surface area contributed by atoms with Crippen LogP contribution in [0.15, 0.2) is 61.2 Å². The lowest BCUT2D eigenvalue weighted by Crippen LogP contribution is -2.32. The summed E-state index contributed by atoms with van der Waals surface area (Å²) in [5.74, 6) is 2.61. The van der Waals surface area contributed by atoms with E-state index in [9.17, 15) is 4.79 Å². The molecule has 0 aliphatic heterocycles. The molecule has 1 aromatic heterocycles. The Bertz CT molecular complexity index is 1110. The van der Waals surface area contributed by atoms with Crippen LogP contribution in [0.3, 0.4) is 0 Å². The first-order chi connectivity index (χ1) is 17.8. The van der Waals surface area contributed by atoms with Crippen molar-refractivity contribution in [2.75, 3.05) is 13.2 Å². The predicted octanol–water partition coefficient (Wildman–Crippen LogP) is 6.64. The summed E-state index contributed by atoms with van der Waals surface area (Å²) < 4.78 is 8.47. The third-order valence-corrected chi connectivity index (χ3v) is 7.21. The van der Waals surface area contributed by atoms with Gasteiger partial charge in [0.15, 0.2) is 0 Å². The number of aryl methyl sites for hydroxylation is 2. The molecule has 3 aromatic rings. The van der Waals surface area contributed by atoms with Gasteiger partial charge in [-0.05, 0) is 62.3 Å². The average molecular weight is 488 g/mol. The van der Waals surface area contributed by atoms with Crippen molar-refractivity contribution in [1.29, 1.82) is 0 Å². The molecular formula is C31H41N3O2. The highest BCUT2D eigenvalue weighted by Gasteiger charge is 2.20. The topological polar surface area (TPSA) is 56.1 Å². The van der Waals surface area contributed by atoms with Gasteiger partial charge in [-0.15, -0.1) is 6.58 Å². The SMILES string of the molecule is C=CCc1ccccc1OCCCn1c(CCCCCNC(=O)C2CCCCC2)nc2ccccc21. The molecule has 1 heterocycles. The Labute approximate surface area is 216 Å². The molecule has 1 N–H and O–H groups in total. The molecule has 192 valence electrons. The third-order valence-electron chi connectivity index (χ3n) is 7.21. The molecule has 4 rings (SSSR count). The molecule has 36 heavy (non-hydrogen) atoms. The van der Waals surface area contributed by atoms with E-state index in [-0.39, 0.29) is 11.8 Å². The highest BCUT2D eigenvalue weighted by Crippen LogP contribution is 2.24. The second-order valence-corrected chi connectivity index (χ2v) is 9.91. The summed E-state index contributed by atoms with van der Waals surface area (Å²) in [5, 5.41) is 3.16. The van der Waals surface area contributed by atoms with Crippen molar-refractivity contribution in [3.8, 4) is 5.75 Å². The van der Waals surface area contributed by atoms with Crippen LogP contribution < -0.4 is 10.1 Å². The molecule has 1 aliphatic carbocycles. The predicted molar refractivity (Wildman–Crippen MR) is 147 cm³/mol. The number of hydrogen-bond donors (Lipinski definition) is 1. The lowest BCUT2D eigenvalue weighted by molar-refractivity contribution is -0.125.